The van der Waals surface area contributed by atoms with Crippen molar-refractivity contribution in [1.29, 1.82) is 0 Å². The molecule has 1 aromatic carbocycles. The van der Waals surface area contributed by atoms with Gasteiger partial charge in [0.1, 0.15) is 10.9 Å². The van der Waals surface area contributed by atoms with E-state index in [1.165, 1.54) is 0 Å². The van der Waals surface area contributed by atoms with Gasteiger partial charge in [-0.15, -0.1) is 0 Å². The molecule has 2 heterocycles. The molecule has 0 unspecified atom stereocenters. The minimum Gasteiger partial charge on any atom is -0.444 e. The second-order valence-electron chi connectivity index (χ2n) is 5.83. The summed E-state index contributed by atoms with van der Waals surface area (Å²) < 4.78 is 7.09. The van der Waals surface area contributed by atoms with Gasteiger partial charge in [0, 0.05) is 0 Å². The molecule has 1 amide bonds. The number of amides is 1. The van der Waals surface area contributed by atoms with Crippen molar-refractivity contribution in [3.8, 4) is 0 Å². The smallest absolute Gasteiger partial charge is 0.256 e. The molecule has 0 bridgehead atoms. The van der Waals surface area contributed by atoms with Gasteiger partial charge in [-0.3, -0.25) is 4.79 Å². The van der Waals surface area contributed by atoms with E-state index in [9.17, 15) is 4.79 Å². The minimum atomic E-state index is -0.296. The zero-order valence-electron chi connectivity index (χ0n) is 14.3. The van der Waals surface area contributed by atoms with Crippen molar-refractivity contribution in [3.05, 3.63) is 69.7 Å². The summed E-state index contributed by atoms with van der Waals surface area (Å²) in [7, 11) is 0. The van der Waals surface area contributed by atoms with Gasteiger partial charge in [0.2, 0.25) is 5.89 Å². The van der Waals surface area contributed by atoms with Crippen molar-refractivity contribution in [2.45, 2.75) is 33.9 Å². The van der Waals surface area contributed by atoms with Crippen molar-refractivity contribution >= 4 is 17.5 Å². The molecule has 2 aromatic heterocycles. The third kappa shape index (κ3) is 3.74. The Morgan fingerprint density at radius 1 is 1.20 bits per heavy atom. The lowest BCUT2D eigenvalue weighted by molar-refractivity contribution is 0.0946. The van der Waals surface area contributed by atoms with Crippen LogP contribution in [0.3, 0.4) is 0 Å². The predicted octanol–water partition coefficient (Wildman–Crippen LogP) is 3.43. The third-order valence-electron chi connectivity index (χ3n) is 3.94. The van der Waals surface area contributed by atoms with Crippen molar-refractivity contribution in [2.75, 3.05) is 0 Å². The van der Waals surface area contributed by atoms with E-state index in [4.69, 9.17) is 16.0 Å². The Bertz CT molecular complexity index is 880. The van der Waals surface area contributed by atoms with E-state index >= 15 is 0 Å². The summed E-state index contributed by atoms with van der Waals surface area (Å²) in [5.74, 6) is 0.915. The molecule has 0 spiro atoms. The van der Waals surface area contributed by atoms with Crippen LogP contribution in [0.25, 0.3) is 0 Å². The first-order chi connectivity index (χ1) is 12.0. The number of hydrogen-bond acceptors (Lipinski definition) is 4. The number of oxazole rings is 1. The van der Waals surface area contributed by atoms with E-state index in [-0.39, 0.29) is 12.5 Å². The molecule has 25 heavy (non-hydrogen) atoms. The first-order valence-corrected chi connectivity index (χ1v) is 8.31. The molecule has 0 fully saturated rings. The maximum absolute atomic E-state index is 12.5. The third-order valence-corrected chi connectivity index (χ3v) is 4.32. The molecule has 0 atom stereocenters. The highest BCUT2D eigenvalue weighted by molar-refractivity contribution is 6.33. The van der Waals surface area contributed by atoms with Crippen LogP contribution in [0.2, 0.25) is 5.15 Å². The fourth-order valence-electron chi connectivity index (χ4n) is 2.53. The standard InChI is InChI=1S/C18H19ClN4O2/c1-11-13(3)25-15(21-11)9-20-18(24)16-12(2)22-23(17(16)19)10-14-7-5-4-6-8-14/h4-8H,9-10H2,1-3H3,(H,20,24). The van der Waals surface area contributed by atoms with Gasteiger partial charge >= 0.3 is 0 Å². The normalized spacial score (nSPS) is 10.9. The quantitative estimate of drug-likeness (QED) is 0.758. The highest BCUT2D eigenvalue weighted by Gasteiger charge is 2.20. The summed E-state index contributed by atoms with van der Waals surface area (Å²) in [4.78, 5) is 16.7. The zero-order chi connectivity index (χ0) is 18.0. The average molecular weight is 359 g/mol. The monoisotopic (exact) mass is 358 g/mol. The second kappa shape index (κ2) is 7.11. The molecule has 0 aliphatic carbocycles. The van der Waals surface area contributed by atoms with E-state index in [1.54, 1.807) is 11.6 Å². The second-order valence-corrected chi connectivity index (χ2v) is 6.18. The number of halogens is 1. The number of carbonyl (C=O) groups is 1. The topological polar surface area (TPSA) is 73.0 Å². The summed E-state index contributed by atoms with van der Waals surface area (Å²) in [6.45, 7) is 6.17. The van der Waals surface area contributed by atoms with Crippen molar-refractivity contribution in [1.82, 2.24) is 20.1 Å². The number of rotatable bonds is 5. The molecule has 0 aliphatic heterocycles. The van der Waals surface area contributed by atoms with Gasteiger partial charge in [0.05, 0.1) is 30.0 Å². The number of nitrogens with one attached hydrogen (secondary N) is 1. The molecule has 7 heteroatoms. The van der Waals surface area contributed by atoms with E-state index in [0.717, 1.165) is 17.0 Å². The Labute approximate surface area is 150 Å². The van der Waals surface area contributed by atoms with Crippen molar-refractivity contribution in [3.63, 3.8) is 0 Å². The number of nitrogens with zero attached hydrogens (tertiary/aromatic N) is 3. The largest absolute Gasteiger partial charge is 0.444 e. The number of aryl methyl sites for hydroxylation is 3. The van der Waals surface area contributed by atoms with Crippen LogP contribution in [0.4, 0.5) is 0 Å². The van der Waals surface area contributed by atoms with Gasteiger partial charge in [-0.1, -0.05) is 41.9 Å². The lowest BCUT2D eigenvalue weighted by Crippen LogP contribution is -2.23. The number of benzene rings is 1. The molecule has 1 N–H and O–H groups in total. The Morgan fingerprint density at radius 2 is 1.92 bits per heavy atom. The maximum Gasteiger partial charge on any atom is 0.256 e. The molecule has 6 nitrogen and oxygen atoms in total. The van der Waals surface area contributed by atoms with Crippen LogP contribution in [0, 0.1) is 20.8 Å². The number of aromatic nitrogens is 3. The Hall–Kier alpha value is -2.60. The van der Waals surface area contributed by atoms with Crippen LogP contribution in [0.15, 0.2) is 34.7 Å². The number of carbonyl (C=O) groups excluding carboxylic acids is 1. The van der Waals surface area contributed by atoms with Crippen LogP contribution < -0.4 is 5.32 Å². The maximum atomic E-state index is 12.5. The summed E-state index contributed by atoms with van der Waals surface area (Å²) >= 11 is 6.39. The highest BCUT2D eigenvalue weighted by Crippen LogP contribution is 2.21. The van der Waals surface area contributed by atoms with Gasteiger partial charge in [-0.05, 0) is 26.3 Å². The highest BCUT2D eigenvalue weighted by atomic mass is 35.5. The molecular formula is C18H19ClN4O2. The van der Waals surface area contributed by atoms with Gasteiger partial charge < -0.3 is 9.73 Å². The van der Waals surface area contributed by atoms with Crippen LogP contribution in [0.5, 0.6) is 0 Å². The van der Waals surface area contributed by atoms with Crippen molar-refractivity contribution in [2.24, 2.45) is 0 Å². The van der Waals surface area contributed by atoms with Crippen LogP contribution >= 0.6 is 11.6 Å². The Kier molecular flexibility index (Phi) is 4.90. The molecule has 130 valence electrons. The number of hydrogen-bond donors (Lipinski definition) is 1. The summed E-state index contributed by atoms with van der Waals surface area (Å²) in [5.41, 5.74) is 2.83. The first-order valence-electron chi connectivity index (χ1n) is 7.93. The molecule has 3 rings (SSSR count). The van der Waals surface area contributed by atoms with E-state index in [0.29, 0.717) is 28.8 Å². The SMILES string of the molecule is Cc1nc(CNC(=O)c2c(C)nn(Cc3ccccc3)c2Cl)oc1C. The van der Waals surface area contributed by atoms with Gasteiger partial charge in [-0.2, -0.15) is 5.10 Å². The zero-order valence-corrected chi connectivity index (χ0v) is 15.1. The van der Waals surface area contributed by atoms with Gasteiger partial charge in [0.25, 0.3) is 5.91 Å². The molecule has 0 aliphatic rings. The minimum absolute atomic E-state index is 0.202. The van der Waals surface area contributed by atoms with Crippen LogP contribution in [-0.2, 0) is 13.1 Å². The van der Waals surface area contributed by atoms with E-state index in [2.05, 4.69) is 15.4 Å². The molecule has 0 saturated carbocycles. The molecule has 3 aromatic rings. The lowest BCUT2D eigenvalue weighted by atomic mass is 10.2. The average Bonchev–Trinajstić information content (AvgIpc) is 3.05. The fraction of sp³-hybridized carbons (Fsp3) is 0.278. The fourth-order valence-corrected chi connectivity index (χ4v) is 2.85. The summed E-state index contributed by atoms with van der Waals surface area (Å²) in [6, 6.07) is 9.83. The predicted molar refractivity (Wildman–Crippen MR) is 94.7 cm³/mol. The van der Waals surface area contributed by atoms with Crippen LogP contribution in [-0.4, -0.2) is 20.7 Å². The first kappa shape index (κ1) is 17.2. The molecule has 0 radical (unpaired) electrons. The summed E-state index contributed by atoms with van der Waals surface area (Å²) in [5, 5.41) is 7.48. The molecule has 0 saturated heterocycles. The van der Waals surface area contributed by atoms with Gasteiger partial charge in [-0.25, -0.2) is 9.67 Å². The summed E-state index contributed by atoms with van der Waals surface area (Å²) in [6.07, 6.45) is 0. The van der Waals surface area contributed by atoms with Gasteiger partial charge in [0.15, 0.2) is 0 Å². The lowest BCUT2D eigenvalue weighted by Gasteiger charge is -2.04. The molecular weight excluding hydrogens is 340 g/mol. The van der Waals surface area contributed by atoms with Crippen molar-refractivity contribution < 1.29 is 9.21 Å². The Morgan fingerprint density at radius 3 is 2.56 bits per heavy atom. The van der Waals surface area contributed by atoms with Crippen LogP contribution in [0.1, 0.15) is 39.0 Å². The Balaban J connectivity index is 1.74. The van der Waals surface area contributed by atoms with E-state index in [1.807, 2.05) is 44.2 Å². The van der Waals surface area contributed by atoms with E-state index < -0.39 is 0 Å².